The van der Waals surface area contributed by atoms with E-state index in [0.717, 1.165) is 19.9 Å². The summed E-state index contributed by atoms with van der Waals surface area (Å²) in [5.74, 6) is -0.892. The fourth-order valence-corrected chi connectivity index (χ4v) is 6.70. The molecule has 0 aliphatic carbocycles. The highest BCUT2D eigenvalue weighted by molar-refractivity contribution is 9.10. The summed E-state index contributed by atoms with van der Waals surface area (Å²) in [6.07, 6.45) is 0.220. The first kappa shape index (κ1) is 34.2. The first-order chi connectivity index (χ1) is 21.2. The van der Waals surface area contributed by atoms with Gasteiger partial charge in [-0.3, -0.25) is 13.9 Å². The number of nitrogens with one attached hydrogen (secondary N) is 1. The van der Waals surface area contributed by atoms with E-state index >= 15 is 0 Å². The van der Waals surface area contributed by atoms with E-state index < -0.39 is 34.1 Å². The monoisotopic (exact) mass is 709 g/mol. The number of hydrogen-bond donors (Lipinski definition) is 1. The van der Waals surface area contributed by atoms with Crippen molar-refractivity contribution in [2.24, 2.45) is 0 Å². The zero-order chi connectivity index (χ0) is 32.8. The topological polar surface area (TPSA) is 86.8 Å². The van der Waals surface area contributed by atoms with Gasteiger partial charge in [0.2, 0.25) is 11.8 Å². The molecule has 10 heteroatoms. The molecule has 0 aliphatic heterocycles. The second-order valence-electron chi connectivity index (χ2n) is 11.9. The van der Waals surface area contributed by atoms with Gasteiger partial charge in [0.05, 0.1) is 10.6 Å². The van der Waals surface area contributed by atoms with Crippen molar-refractivity contribution < 1.29 is 18.0 Å². The van der Waals surface area contributed by atoms with Crippen LogP contribution in [0.25, 0.3) is 0 Å². The first-order valence-electron chi connectivity index (χ1n) is 14.5. The molecule has 0 aromatic heterocycles. The van der Waals surface area contributed by atoms with E-state index in [1.54, 1.807) is 54.6 Å². The van der Waals surface area contributed by atoms with E-state index in [2.05, 4.69) is 21.2 Å². The molecular weight excluding hydrogens is 674 g/mol. The van der Waals surface area contributed by atoms with Gasteiger partial charge in [0.15, 0.2) is 0 Å². The van der Waals surface area contributed by atoms with Crippen LogP contribution in [0.15, 0.2) is 112 Å². The molecule has 0 fully saturated rings. The van der Waals surface area contributed by atoms with Crippen LogP contribution in [0.1, 0.15) is 37.5 Å². The van der Waals surface area contributed by atoms with E-state index in [-0.39, 0.29) is 23.8 Å². The Morgan fingerprint density at radius 3 is 2.09 bits per heavy atom. The zero-order valence-corrected chi connectivity index (χ0v) is 28.9. The molecule has 0 radical (unpaired) electrons. The lowest BCUT2D eigenvalue weighted by atomic mass is 10.0. The number of benzene rings is 4. The van der Waals surface area contributed by atoms with Crippen molar-refractivity contribution >= 4 is 55.1 Å². The van der Waals surface area contributed by atoms with Gasteiger partial charge in [-0.15, -0.1) is 0 Å². The van der Waals surface area contributed by atoms with Crippen LogP contribution in [-0.2, 0) is 32.6 Å². The van der Waals surface area contributed by atoms with Gasteiger partial charge < -0.3 is 10.2 Å². The number of carbonyl (C=O) groups is 2. The Morgan fingerprint density at radius 1 is 0.867 bits per heavy atom. The lowest BCUT2D eigenvalue weighted by Crippen LogP contribution is -2.56. The fraction of sp³-hybridized carbons (Fsp3) is 0.257. The highest BCUT2D eigenvalue weighted by Gasteiger charge is 2.35. The summed E-state index contributed by atoms with van der Waals surface area (Å²) in [6.45, 7) is 6.99. The molecule has 4 rings (SSSR count). The number of carbonyl (C=O) groups excluding carboxylic acids is 2. The second kappa shape index (κ2) is 14.6. The maximum Gasteiger partial charge on any atom is 0.264 e. The summed E-state index contributed by atoms with van der Waals surface area (Å²) in [5.41, 5.74) is 2.20. The molecule has 0 saturated carbocycles. The van der Waals surface area contributed by atoms with Crippen molar-refractivity contribution in [3.8, 4) is 0 Å². The maximum atomic E-state index is 14.5. The van der Waals surface area contributed by atoms with E-state index in [1.807, 2.05) is 64.1 Å². The molecule has 4 aromatic carbocycles. The summed E-state index contributed by atoms with van der Waals surface area (Å²) in [6, 6.07) is 28.7. The fourth-order valence-electron chi connectivity index (χ4n) is 4.81. The van der Waals surface area contributed by atoms with Gasteiger partial charge in [0.1, 0.15) is 12.6 Å². The Kier molecular flexibility index (Phi) is 11.1. The molecule has 0 saturated heterocycles. The molecular formula is C35H37BrClN3O4S. The second-order valence-corrected chi connectivity index (χ2v) is 15.1. The van der Waals surface area contributed by atoms with E-state index in [4.69, 9.17) is 11.6 Å². The van der Waals surface area contributed by atoms with Crippen LogP contribution >= 0.6 is 27.5 Å². The molecule has 1 N–H and O–H groups in total. The molecule has 0 heterocycles. The molecule has 2 amide bonds. The van der Waals surface area contributed by atoms with Crippen molar-refractivity contribution in [2.45, 2.75) is 57.1 Å². The van der Waals surface area contributed by atoms with Crippen molar-refractivity contribution in [1.29, 1.82) is 0 Å². The Morgan fingerprint density at radius 2 is 1.49 bits per heavy atom. The van der Waals surface area contributed by atoms with Crippen LogP contribution < -0.4 is 9.62 Å². The number of sulfonamides is 1. The third kappa shape index (κ3) is 9.42. The number of nitrogens with zero attached hydrogens (tertiary/aromatic N) is 2. The van der Waals surface area contributed by atoms with Gasteiger partial charge in [-0.05, 0) is 87.4 Å². The highest BCUT2D eigenvalue weighted by Crippen LogP contribution is 2.27. The van der Waals surface area contributed by atoms with Crippen LogP contribution in [0, 0.1) is 6.92 Å². The Balaban J connectivity index is 1.81. The van der Waals surface area contributed by atoms with Crippen LogP contribution in [0.5, 0.6) is 0 Å². The number of anilines is 1. The number of hydrogen-bond acceptors (Lipinski definition) is 4. The van der Waals surface area contributed by atoms with Crippen LogP contribution in [0.3, 0.4) is 0 Å². The number of aryl methyl sites for hydroxylation is 1. The standard InChI is InChI=1S/C35H37BrClN3O4S/c1-25-13-19-31(20-14-25)45(43,44)40(30-17-15-28(36)16-18-30)24-33(41)39(23-27-11-8-12-29(37)21-27)32(34(42)38-35(2,3)4)22-26-9-6-5-7-10-26/h5-21,32H,22-24H2,1-4H3,(H,38,42)/t32-/m1/s1. The van der Waals surface area contributed by atoms with Crippen molar-refractivity contribution in [3.05, 3.63) is 129 Å². The van der Waals surface area contributed by atoms with Crippen molar-refractivity contribution in [1.82, 2.24) is 10.2 Å². The minimum absolute atomic E-state index is 0.0349. The summed E-state index contributed by atoms with van der Waals surface area (Å²) in [4.78, 5) is 30.0. The predicted molar refractivity (Wildman–Crippen MR) is 184 cm³/mol. The molecule has 0 unspecified atom stereocenters. The normalized spacial score (nSPS) is 12.3. The summed E-state index contributed by atoms with van der Waals surface area (Å²) in [7, 11) is -4.18. The first-order valence-corrected chi connectivity index (χ1v) is 17.1. The number of rotatable bonds is 11. The minimum Gasteiger partial charge on any atom is -0.350 e. The van der Waals surface area contributed by atoms with Crippen LogP contribution in [0.4, 0.5) is 5.69 Å². The lowest BCUT2D eigenvalue weighted by molar-refractivity contribution is -0.140. The quantitative estimate of drug-likeness (QED) is 0.179. The van der Waals surface area contributed by atoms with Gasteiger partial charge in [-0.25, -0.2) is 8.42 Å². The van der Waals surface area contributed by atoms with E-state index in [0.29, 0.717) is 16.3 Å². The van der Waals surface area contributed by atoms with E-state index in [1.165, 1.54) is 17.0 Å². The minimum atomic E-state index is -4.18. The zero-order valence-electron chi connectivity index (χ0n) is 25.7. The predicted octanol–water partition coefficient (Wildman–Crippen LogP) is 7.16. The average Bonchev–Trinajstić information content (AvgIpc) is 2.98. The Hall–Kier alpha value is -3.66. The van der Waals surface area contributed by atoms with Gasteiger partial charge >= 0.3 is 0 Å². The molecule has 45 heavy (non-hydrogen) atoms. The third-order valence-corrected chi connectivity index (χ3v) is 9.57. The lowest BCUT2D eigenvalue weighted by Gasteiger charge is -2.35. The number of amides is 2. The third-order valence-electron chi connectivity index (χ3n) is 7.01. The maximum absolute atomic E-state index is 14.5. The molecule has 236 valence electrons. The van der Waals surface area contributed by atoms with Gasteiger partial charge in [0.25, 0.3) is 10.0 Å². The molecule has 1 atom stereocenters. The summed E-state index contributed by atoms with van der Waals surface area (Å²) in [5, 5.41) is 3.51. The smallest absolute Gasteiger partial charge is 0.264 e. The Labute approximate surface area is 279 Å². The van der Waals surface area contributed by atoms with Gasteiger partial charge in [-0.1, -0.05) is 87.7 Å². The number of halogens is 2. The van der Waals surface area contributed by atoms with Crippen molar-refractivity contribution in [3.63, 3.8) is 0 Å². The highest BCUT2D eigenvalue weighted by atomic mass is 79.9. The molecule has 0 bridgehead atoms. The summed E-state index contributed by atoms with van der Waals surface area (Å²) >= 11 is 9.72. The van der Waals surface area contributed by atoms with Gasteiger partial charge in [0, 0.05) is 28.0 Å². The van der Waals surface area contributed by atoms with E-state index in [9.17, 15) is 18.0 Å². The summed E-state index contributed by atoms with van der Waals surface area (Å²) < 4.78 is 30.1. The van der Waals surface area contributed by atoms with Crippen molar-refractivity contribution in [2.75, 3.05) is 10.8 Å². The van der Waals surface area contributed by atoms with Crippen LogP contribution in [0.2, 0.25) is 5.02 Å². The average molecular weight is 711 g/mol. The molecule has 0 spiro atoms. The molecule has 0 aliphatic rings. The molecule has 4 aromatic rings. The molecule has 7 nitrogen and oxygen atoms in total. The Bertz CT molecular complexity index is 1730. The largest absolute Gasteiger partial charge is 0.350 e. The SMILES string of the molecule is Cc1ccc(S(=O)(=O)N(CC(=O)N(Cc2cccc(Cl)c2)[C@H](Cc2ccccc2)C(=O)NC(C)(C)C)c2ccc(Br)cc2)cc1. The van der Waals surface area contributed by atoms with Gasteiger partial charge in [-0.2, -0.15) is 0 Å². The van der Waals surface area contributed by atoms with Crippen LogP contribution in [-0.4, -0.2) is 43.3 Å².